The fraction of sp³-hybridized carbons (Fsp3) is 0. The van der Waals surface area contributed by atoms with Crippen molar-refractivity contribution in [2.45, 2.75) is 0 Å². The Kier molecular flexibility index (Phi) is 14.6. The molecule has 2 aliphatic heterocycles. The summed E-state index contributed by atoms with van der Waals surface area (Å²) in [5.74, 6) is 0. The van der Waals surface area contributed by atoms with E-state index in [0.29, 0.717) is 0 Å². The highest BCUT2D eigenvalue weighted by Gasteiger charge is 2.67. The number of hydrogen-bond acceptors (Lipinski definition) is 8. The van der Waals surface area contributed by atoms with Crippen LogP contribution in [-0.2, 0) is 32.9 Å². The maximum absolute atomic E-state index is 8.43. The van der Waals surface area contributed by atoms with Crippen molar-refractivity contribution in [3.63, 3.8) is 0 Å². The summed E-state index contributed by atoms with van der Waals surface area (Å²) in [6, 6.07) is 84.2. The Balaban J connectivity index is 0.000000586. The molecule has 8 aromatic carbocycles. The van der Waals surface area contributed by atoms with Gasteiger partial charge < -0.3 is 32.9 Å². The molecule has 8 nitrogen and oxygen atoms in total. The molecule has 2 saturated heterocycles. The van der Waals surface area contributed by atoms with Crippen LogP contribution < -0.4 is 41.5 Å². The highest BCUT2D eigenvalue weighted by Crippen LogP contribution is 2.32. The third kappa shape index (κ3) is 9.31. The minimum Gasteiger partial charge on any atom is -0.425 e. The van der Waals surface area contributed by atoms with Gasteiger partial charge >= 0.3 is 34.2 Å². The van der Waals surface area contributed by atoms with Crippen LogP contribution in [0.1, 0.15) is 0 Å². The number of rotatable bonds is 8. The SMILES string of the molecule is O1[SiH2]O[SiH2]O[SiH2]O[SiH2]1.c1ccc([Si]2(c3ccccc3)O[Si](c3ccccc3)(c3ccccc3)O[Si](c3ccccc3)(c3ccccc3)O[Si](c3ccccc3)(c3ccccc3)O2)cc1. The Hall–Kier alpha value is -4.82. The standard InChI is InChI=1S/C48H40O4Si4.H8O4Si4/c1-9-25-41(26-10-1)53(42-27-11-2-12-28-42)49-54(43-29-13-3-14-30-43,44-31-15-4-16-32-44)51-56(47-37-21-7-22-38-47,48-39-23-8-24-40-48)52-55(50-53,45-33-17-5-18-34-45)46-35-19-6-20-36-46;1-5-2-7-4-8-3-6-1/h1-40H;5-8H2. The summed E-state index contributed by atoms with van der Waals surface area (Å²) in [5.41, 5.74) is 0. The van der Waals surface area contributed by atoms with Crippen LogP contribution in [0, 0.1) is 0 Å². The van der Waals surface area contributed by atoms with Gasteiger partial charge in [-0.2, -0.15) is 0 Å². The van der Waals surface area contributed by atoms with E-state index in [1.807, 2.05) is 48.5 Å². The predicted octanol–water partition coefficient (Wildman–Crippen LogP) is 1.15. The lowest BCUT2D eigenvalue weighted by atomic mass is 10.4. The molecule has 0 saturated carbocycles. The van der Waals surface area contributed by atoms with Crippen LogP contribution in [0.4, 0.5) is 0 Å². The lowest BCUT2D eigenvalue weighted by Crippen LogP contribution is -2.88. The van der Waals surface area contributed by atoms with E-state index < -0.39 is 74.3 Å². The summed E-state index contributed by atoms with van der Waals surface area (Å²) >= 11 is 0. The van der Waals surface area contributed by atoms with Crippen molar-refractivity contribution in [2.75, 3.05) is 0 Å². The average molecular weight is 978 g/mol. The van der Waals surface area contributed by atoms with Gasteiger partial charge in [0.25, 0.3) is 40.0 Å². The monoisotopic (exact) mass is 976 g/mol. The van der Waals surface area contributed by atoms with Gasteiger partial charge in [-0.1, -0.05) is 243 Å². The molecule has 0 unspecified atom stereocenters. The van der Waals surface area contributed by atoms with E-state index in [4.69, 9.17) is 32.9 Å². The Labute approximate surface area is 389 Å². The van der Waals surface area contributed by atoms with Crippen LogP contribution in [0.5, 0.6) is 0 Å². The van der Waals surface area contributed by atoms with Gasteiger partial charge in [0.2, 0.25) is 0 Å². The first-order valence-corrected chi connectivity index (χ1v) is 33.1. The van der Waals surface area contributed by atoms with E-state index >= 15 is 0 Å². The summed E-state index contributed by atoms with van der Waals surface area (Å²) < 4.78 is 54.1. The maximum atomic E-state index is 8.43. The van der Waals surface area contributed by atoms with Gasteiger partial charge in [-0.05, 0) is 41.5 Å². The second-order valence-corrected chi connectivity index (χ2v) is 35.4. The molecular formula is C48H48O8Si8. The summed E-state index contributed by atoms with van der Waals surface area (Å²) in [6.07, 6.45) is 0. The first-order valence-electron chi connectivity index (χ1n) is 21.2. The third-order valence-corrected chi connectivity index (χ3v) is 34.3. The molecular weight excluding hydrogens is 929 g/mol. The molecule has 64 heavy (non-hydrogen) atoms. The molecule has 8 aromatic rings. The van der Waals surface area contributed by atoms with Crippen molar-refractivity contribution in [1.82, 2.24) is 0 Å². The molecule has 0 atom stereocenters. The van der Waals surface area contributed by atoms with E-state index in [0.717, 1.165) is 41.5 Å². The largest absolute Gasteiger partial charge is 0.425 e. The van der Waals surface area contributed by atoms with Gasteiger partial charge in [-0.25, -0.2) is 0 Å². The van der Waals surface area contributed by atoms with Crippen LogP contribution in [0.15, 0.2) is 243 Å². The van der Waals surface area contributed by atoms with Gasteiger partial charge in [0.1, 0.15) is 0 Å². The fourth-order valence-corrected chi connectivity index (χ4v) is 37.9. The second kappa shape index (κ2) is 21.0. The van der Waals surface area contributed by atoms with E-state index in [9.17, 15) is 0 Å². The summed E-state index contributed by atoms with van der Waals surface area (Å²) in [5, 5.41) is 7.77. The molecule has 0 N–H and O–H groups in total. The van der Waals surface area contributed by atoms with Crippen LogP contribution in [0.25, 0.3) is 0 Å². The number of benzene rings is 8. The molecule has 0 spiro atoms. The highest BCUT2D eigenvalue weighted by molar-refractivity contribution is 7.16. The average Bonchev–Trinajstić information content (AvgIpc) is 3.37. The maximum Gasteiger partial charge on any atom is 0.390 e. The van der Waals surface area contributed by atoms with Crippen LogP contribution in [0.2, 0.25) is 0 Å². The minimum atomic E-state index is -3.89. The van der Waals surface area contributed by atoms with E-state index in [-0.39, 0.29) is 0 Å². The molecule has 0 radical (unpaired) electrons. The summed E-state index contributed by atoms with van der Waals surface area (Å²) in [4.78, 5) is 0. The van der Waals surface area contributed by atoms with Gasteiger partial charge in [-0.3, -0.25) is 0 Å². The first-order chi connectivity index (χ1) is 31.7. The molecule has 2 heterocycles. The molecule has 0 aromatic heterocycles. The minimum absolute atomic E-state index is 0.653. The Morgan fingerprint density at radius 3 is 0.438 bits per heavy atom. The third-order valence-electron chi connectivity index (χ3n) is 11.0. The van der Waals surface area contributed by atoms with Gasteiger partial charge in [0.05, 0.1) is 0 Å². The topological polar surface area (TPSA) is 73.8 Å². The van der Waals surface area contributed by atoms with Crippen molar-refractivity contribution in [2.24, 2.45) is 0 Å². The van der Waals surface area contributed by atoms with Crippen molar-refractivity contribution < 1.29 is 32.9 Å². The quantitative estimate of drug-likeness (QED) is 0.211. The Morgan fingerprint density at radius 2 is 0.312 bits per heavy atom. The second-order valence-electron chi connectivity index (χ2n) is 15.1. The zero-order chi connectivity index (χ0) is 43.4. The van der Waals surface area contributed by atoms with E-state index in [1.54, 1.807) is 0 Å². The predicted molar refractivity (Wildman–Crippen MR) is 274 cm³/mol. The smallest absolute Gasteiger partial charge is 0.390 e. The lowest BCUT2D eigenvalue weighted by Gasteiger charge is -2.53. The van der Waals surface area contributed by atoms with Crippen molar-refractivity contribution in [3.05, 3.63) is 243 Å². The van der Waals surface area contributed by atoms with E-state index in [2.05, 4.69) is 194 Å². The van der Waals surface area contributed by atoms with Crippen LogP contribution >= 0.6 is 0 Å². The van der Waals surface area contributed by atoms with Crippen LogP contribution in [-0.4, -0.2) is 74.3 Å². The van der Waals surface area contributed by atoms with Crippen LogP contribution in [0.3, 0.4) is 0 Å². The van der Waals surface area contributed by atoms with Gasteiger partial charge in [-0.15, -0.1) is 0 Å². The molecule has 16 heteroatoms. The fourth-order valence-electron chi connectivity index (χ4n) is 8.13. The van der Waals surface area contributed by atoms with Crippen molar-refractivity contribution in [1.29, 1.82) is 0 Å². The number of hydrogen-bond donors (Lipinski definition) is 0. The van der Waals surface area contributed by atoms with Gasteiger partial charge in [0.15, 0.2) is 0 Å². The molecule has 2 aliphatic rings. The first kappa shape index (κ1) is 44.4. The molecule has 0 bridgehead atoms. The molecule has 0 aliphatic carbocycles. The lowest BCUT2D eigenvalue weighted by molar-refractivity contribution is 0.268. The normalized spacial score (nSPS) is 19.2. The molecule has 320 valence electrons. The highest BCUT2D eigenvalue weighted by atomic mass is 28.5. The summed E-state index contributed by atoms with van der Waals surface area (Å²) in [7, 11) is -18.2. The van der Waals surface area contributed by atoms with Crippen molar-refractivity contribution in [3.8, 4) is 0 Å². The Morgan fingerprint density at radius 1 is 0.188 bits per heavy atom. The zero-order valence-electron chi connectivity index (χ0n) is 35.2. The molecule has 10 rings (SSSR count). The zero-order valence-corrected chi connectivity index (χ0v) is 44.8. The van der Waals surface area contributed by atoms with Crippen molar-refractivity contribution >= 4 is 116 Å². The molecule has 2 fully saturated rings. The van der Waals surface area contributed by atoms with Gasteiger partial charge in [0, 0.05) is 0 Å². The Bertz CT molecular complexity index is 2080. The van der Waals surface area contributed by atoms with E-state index in [1.165, 1.54) is 0 Å². The summed E-state index contributed by atoms with van der Waals surface area (Å²) in [6.45, 7) is 0. The molecule has 0 amide bonds.